The highest BCUT2D eigenvalue weighted by Crippen LogP contribution is 2.28. The fraction of sp³-hybridized carbons (Fsp3) is 0.615. The number of nitrogens with two attached hydrogens (primary N) is 1. The predicted octanol–water partition coefficient (Wildman–Crippen LogP) is 1.61. The van der Waals surface area contributed by atoms with Gasteiger partial charge in [-0.1, -0.05) is 26.2 Å². The maximum absolute atomic E-state index is 12.5. The van der Waals surface area contributed by atoms with Crippen LogP contribution in [0.1, 0.15) is 39.0 Å². The molecule has 0 aromatic carbocycles. The van der Waals surface area contributed by atoms with Crippen LogP contribution < -0.4 is 16.0 Å². The molecule has 1 aliphatic carbocycles. The van der Waals surface area contributed by atoms with Crippen molar-refractivity contribution in [2.75, 3.05) is 5.43 Å². The standard InChI is InChI=1S/C13H22N4O2S/c1-2-10-6-3-4-7-11(10)17-20(18,19)12-8-5-9-15-13(12)16-14/h5,8-11,17H,2-4,6-7,14H2,1H3,(H,15,16). The van der Waals surface area contributed by atoms with Gasteiger partial charge >= 0.3 is 0 Å². The second-order valence-corrected chi connectivity index (χ2v) is 6.86. The Bertz CT molecular complexity index is 547. The van der Waals surface area contributed by atoms with Crippen LogP contribution in [0.5, 0.6) is 0 Å². The van der Waals surface area contributed by atoms with Gasteiger partial charge in [0.05, 0.1) is 0 Å². The van der Waals surface area contributed by atoms with Crippen molar-refractivity contribution in [2.24, 2.45) is 11.8 Å². The van der Waals surface area contributed by atoms with Gasteiger partial charge in [0.2, 0.25) is 10.0 Å². The van der Waals surface area contributed by atoms with Gasteiger partial charge in [-0.3, -0.25) is 0 Å². The number of hydrazine groups is 1. The van der Waals surface area contributed by atoms with Gasteiger partial charge in [-0.15, -0.1) is 0 Å². The summed E-state index contributed by atoms with van der Waals surface area (Å²) in [5, 5.41) is 0. The average molecular weight is 298 g/mol. The molecule has 0 bridgehead atoms. The van der Waals surface area contributed by atoms with Gasteiger partial charge in [0.15, 0.2) is 5.82 Å². The Hall–Kier alpha value is -1.18. The highest BCUT2D eigenvalue weighted by atomic mass is 32.2. The summed E-state index contributed by atoms with van der Waals surface area (Å²) < 4.78 is 27.8. The largest absolute Gasteiger partial charge is 0.307 e. The Morgan fingerprint density at radius 1 is 1.40 bits per heavy atom. The van der Waals surface area contributed by atoms with Crippen LogP contribution >= 0.6 is 0 Å². The zero-order chi connectivity index (χ0) is 14.6. The number of rotatable bonds is 5. The second-order valence-electron chi connectivity index (χ2n) is 5.18. The normalized spacial score (nSPS) is 23.5. The van der Waals surface area contributed by atoms with E-state index in [2.05, 4.69) is 22.1 Å². The number of pyridine rings is 1. The Labute approximate surface area is 120 Å². The van der Waals surface area contributed by atoms with Gasteiger partial charge < -0.3 is 5.43 Å². The van der Waals surface area contributed by atoms with Gasteiger partial charge in [-0.05, 0) is 30.9 Å². The van der Waals surface area contributed by atoms with Gasteiger partial charge in [-0.2, -0.15) is 0 Å². The van der Waals surface area contributed by atoms with Crippen LogP contribution in [0.4, 0.5) is 5.82 Å². The zero-order valence-electron chi connectivity index (χ0n) is 11.7. The Morgan fingerprint density at radius 3 is 2.85 bits per heavy atom. The van der Waals surface area contributed by atoms with Crippen molar-refractivity contribution in [2.45, 2.75) is 50.0 Å². The van der Waals surface area contributed by atoms with E-state index < -0.39 is 10.0 Å². The first-order valence-corrected chi connectivity index (χ1v) is 8.50. The van der Waals surface area contributed by atoms with Crippen LogP contribution in [0.15, 0.2) is 23.2 Å². The molecule has 0 radical (unpaired) electrons. The van der Waals surface area contributed by atoms with E-state index in [0.717, 1.165) is 25.7 Å². The molecule has 112 valence electrons. The molecule has 2 atom stereocenters. The summed E-state index contributed by atoms with van der Waals surface area (Å²) in [6.07, 6.45) is 6.71. The first kappa shape index (κ1) is 15.2. The van der Waals surface area contributed by atoms with Crippen LogP contribution in [0, 0.1) is 5.92 Å². The lowest BCUT2D eigenvalue weighted by Crippen LogP contribution is -2.42. The minimum atomic E-state index is -3.60. The molecule has 1 heterocycles. The monoisotopic (exact) mass is 298 g/mol. The van der Waals surface area contributed by atoms with Crippen LogP contribution in [0.2, 0.25) is 0 Å². The predicted molar refractivity (Wildman–Crippen MR) is 78.4 cm³/mol. The van der Waals surface area contributed by atoms with Gasteiger partial charge in [0, 0.05) is 12.2 Å². The van der Waals surface area contributed by atoms with E-state index in [-0.39, 0.29) is 16.8 Å². The summed E-state index contributed by atoms with van der Waals surface area (Å²) in [4.78, 5) is 4.04. The third-order valence-corrected chi connectivity index (χ3v) is 5.46. The van der Waals surface area contributed by atoms with Crippen molar-refractivity contribution < 1.29 is 8.42 Å². The molecule has 0 amide bonds. The number of hydrogen-bond donors (Lipinski definition) is 3. The van der Waals surface area contributed by atoms with Crippen molar-refractivity contribution >= 4 is 15.8 Å². The zero-order valence-corrected chi connectivity index (χ0v) is 12.5. The lowest BCUT2D eigenvalue weighted by Gasteiger charge is -2.31. The van der Waals surface area contributed by atoms with Crippen molar-refractivity contribution in [1.82, 2.24) is 9.71 Å². The van der Waals surface area contributed by atoms with Gasteiger partial charge in [0.25, 0.3) is 0 Å². The summed E-state index contributed by atoms with van der Waals surface area (Å²) in [7, 11) is -3.60. The molecule has 6 nitrogen and oxygen atoms in total. The van der Waals surface area contributed by atoms with Gasteiger partial charge in [0.1, 0.15) is 4.90 Å². The highest BCUT2D eigenvalue weighted by molar-refractivity contribution is 7.89. The fourth-order valence-corrected chi connectivity index (χ4v) is 4.29. The van der Waals surface area contributed by atoms with E-state index >= 15 is 0 Å². The summed E-state index contributed by atoms with van der Waals surface area (Å²) in [6, 6.07) is 3.10. The Morgan fingerprint density at radius 2 is 2.15 bits per heavy atom. The number of aromatic nitrogens is 1. The Kier molecular flexibility index (Phi) is 4.95. The van der Waals surface area contributed by atoms with Crippen LogP contribution in [-0.2, 0) is 10.0 Å². The number of hydrogen-bond acceptors (Lipinski definition) is 5. The lowest BCUT2D eigenvalue weighted by atomic mass is 9.83. The second kappa shape index (κ2) is 6.51. The summed E-state index contributed by atoms with van der Waals surface area (Å²) in [6.45, 7) is 2.11. The molecule has 0 aliphatic heterocycles. The number of nitrogens with zero attached hydrogens (tertiary/aromatic N) is 1. The maximum Gasteiger partial charge on any atom is 0.244 e. The molecule has 7 heteroatoms. The van der Waals surface area contributed by atoms with Crippen molar-refractivity contribution in [3.8, 4) is 0 Å². The van der Waals surface area contributed by atoms with E-state index in [1.807, 2.05) is 0 Å². The Balaban J connectivity index is 2.22. The van der Waals surface area contributed by atoms with Crippen molar-refractivity contribution in [3.63, 3.8) is 0 Å². The SMILES string of the molecule is CCC1CCCCC1NS(=O)(=O)c1cccnc1NN. The molecule has 20 heavy (non-hydrogen) atoms. The quantitative estimate of drug-likeness (QED) is 0.567. The smallest absolute Gasteiger partial charge is 0.244 e. The fourth-order valence-electron chi connectivity index (χ4n) is 2.83. The molecule has 1 saturated carbocycles. The minimum absolute atomic E-state index is 0.00424. The van der Waals surface area contributed by atoms with Gasteiger partial charge in [-0.25, -0.2) is 24.0 Å². The molecule has 1 aromatic heterocycles. The minimum Gasteiger partial charge on any atom is -0.307 e. The lowest BCUT2D eigenvalue weighted by molar-refractivity contribution is 0.282. The number of nitrogens with one attached hydrogen (secondary N) is 2. The molecule has 1 fully saturated rings. The van der Waals surface area contributed by atoms with E-state index in [9.17, 15) is 8.42 Å². The molecule has 0 spiro atoms. The molecule has 1 aromatic rings. The maximum atomic E-state index is 12.5. The molecule has 1 aliphatic rings. The van der Waals surface area contributed by atoms with Crippen LogP contribution in [0.25, 0.3) is 0 Å². The highest BCUT2D eigenvalue weighted by Gasteiger charge is 2.29. The van der Waals surface area contributed by atoms with Crippen LogP contribution in [-0.4, -0.2) is 19.4 Å². The molecule has 0 saturated heterocycles. The third kappa shape index (κ3) is 3.28. The van der Waals surface area contributed by atoms with Crippen LogP contribution in [0.3, 0.4) is 0 Å². The topological polar surface area (TPSA) is 97.1 Å². The summed E-state index contributed by atoms with van der Waals surface area (Å²) in [5.74, 6) is 5.91. The molecular weight excluding hydrogens is 276 g/mol. The first-order valence-electron chi connectivity index (χ1n) is 7.02. The summed E-state index contributed by atoms with van der Waals surface area (Å²) >= 11 is 0. The average Bonchev–Trinajstić information content (AvgIpc) is 2.47. The number of nitrogen functional groups attached to an aromatic ring is 1. The van der Waals surface area contributed by atoms with E-state index in [1.165, 1.54) is 18.7 Å². The number of anilines is 1. The van der Waals surface area contributed by atoms with Crippen molar-refractivity contribution in [3.05, 3.63) is 18.3 Å². The number of sulfonamides is 1. The summed E-state index contributed by atoms with van der Waals surface area (Å²) in [5.41, 5.74) is 2.33. The van der Waals surface area contributed by atoms with E-state index in [0.29, 0.717) is 5.92 Å². The van der Waals surface area contributed by atoms with E-state index in [1.54, 1.807) is 6.07 Å². The molecule has 2 rings (SSSR count). The van der Waals surface area contributed by atoms with Crippen molar-refractivity contribution in [1.29, 1.82) is 0 Å². The third-order valence-electron chi connectivity index (χ3n) is 3.94. The molecule has 2 unspecified atom stereocenters. The first-order chi connectivity index (χ1) is 9.58. The molecule has 4 N–H and O–H groups in total. The molecular formula is C13H22N4O2S. The van der Waals surface area contributed by atoms with E-state index in [4.69, 9.17) is 5.84 Å².